The van der Waals surface area contributed by atoms with Gasteiger partial charge in [-0.3, -0.25) is 0 Å². The first-order valence-corrected chi connectivity index (χ1v) is 6.60. The van der Waals surface area contributed by atoms with Crippen LogP contribution in [0, 0.1) is 5.82 Å². The van der Waals surface area contributed by atoms with E-state index in [1.807, 2.05) is 44.3 Å². The van der Waals surface area contributed by atoms with Crippen LogP contribution in [0.25, 0.3) is 16.6 Å². The molecule has 0 saturated carbocycles. The SMILES string of the molecule is CNC(C)c1ccc(-n2ncc3ccccc32)c(F)c1. The molecular weight excluding hydrogens is 253 g/mol. The number of rotatable bonds is 3. The summed E-state index contributed by atoms with van der Waals surface area (Å²) >= 11 is 0. The second-order valence-electron chi connectivity index (χ2n) is 4.84. The molecule has 3 nitrogen and oxygen atoms in total. The van der Waals surface area contributed by atoms with E-state index in [-0.39, 0.29) is 11.9 Å². The smallest absolute Gasteiger partial charge is 0.149 e. The van der Waals surface area contributed by atoms with Crippen molar-refractivity contribution in [1.29, 1.82) is 0 Å². The molecule has 1 N–H and O–H groups in total. The van der Waals surface area contributed by atoms with Crippen molar-refractivity contribution in [2.45, 2.75) is 13.0 Å². The predicted octanol–water partition coefficient (Wildman–Crippen LogP) is 3.45. The molecule has 1 heterocycles. The van der Waals surface area contributed by atoms with Gasteiger partial charge in [-0.05, 0) is 37.7 Å². The summed E-state index contributed by atoms with van der Waals surface area (Å²) in [4.78, 5) is 0. The third kappa shape index (κ3) is 2.08. The molecule has 1 atom stereocenters. The normalized spacial score (nSPS) is 12.8. The maximum atomic E-state index is 14.3. The van der Waals surface area contributed by atoms with Gasteiger partial charge in [0.15, 0.2) is 0 Å². The minimum absolute atomic E-state index is 0.118. The quantitative estimate of drug-likeness (QED) is 0.789. The standard InChI is InChI=1S/C16H16FN3/c1-11(18-2)12-7-8-16(14(17)9-12)20-15-6-4-3-5-13(15)10-19-20/h3-11,18H,1-2H3. The van der Waals surface area contributed by atoms with E-state index < -0.39 is 0 Å². The van der Waals surface area contributed by atoms with Crippen molar-refractivity contribution >= 4 is 10.9 Å². The number of nitrogens with zero attached hydrogens (tertiary/aromatic N) is 2. The van der Waals surface area contributed by atoms with Crippen LogP contribution in [0.15, 0.2) is 48.7 Å². The van der Waals surface area contributed by atoms with E-state index in [9.17, 15) is 4.39 Å². The van der Waals surface area contributed by atoms with Gasteiger partial charge in [0, 0.05) is 11.4 Å². The van der Waals surface area contributed by atoms with Crippen molar-refractivity contribution in [3.8, 4) is 5.69 Å². The number of para-hydroxylation sites is 1. The highest BCUT2D eigenvalue weighted by atomic mass is 19.1. The largest absolute Gasteiger partial charge is 0.313 e. The van der Waals surface area contributed by atoms with Gasteiger partial charge in [-0.1, -0.05) is 24.3 Å². The van der Waals surface area contributed by atoms with Crippen LogP contribution in [0.4, 0.5) is 4.39 Å². The lowest BCUT2D eigenvalue weighted by atomic mass is 10.1. The molecule has 0 bridgehead atoms. The molecule has 0 aliphatic carbocycles. The van der Waals surface area contributed by atoms with Crippen LogP contribution in [0.3, 0.4) is 0 Å². The minimum Gasteiger partial charge on any atom is -0.313 e. The number of fused-ring (bicyclic) bond motifs is 1. The van der Waals surface area contributed by atoms with E-state index in [0.717, 1.165) is 16.5 Å². The average Bonchev–Trinajstić information content (AvgIpc) is 2.90. The van der Waals surface area contributed by atoms with Crippen molar-refractivity contribution < 1.29 is 4.39 Å². The molecule has 20 heavy (non-hydrogen) atoms. The van der Waals surface area contributed by atoms with Crippen LogP contribution in [-0.2, 0) is 0 Å². The zero-order chi connectivity index (χ0) is 14.1. The lowest BCUT2D eigenvalue weighted by Crippen LogP contribution is -2.13. The molecule has 0 radical (unpaired) electrons. The van der Waals surface area contributed by atoms with Gasteiger partial charge in [-0.25, -0.2) is 9.07 Å². The van der Waals surface area contributed by atoms with E-state index in [0.29, 0.717) is 5.69 Å². The molecule has 0 saturated heterocycles. The molecular formula is C16H16FN3. The second kappa shape index (κ2) is 5.06. The fraction of sp³-hybridized carbons (Fsp3) is 0.188. The topological polar surface area (TPSA) is 29.9 Å². The lowest BCUT2D eigenvalue weighted by Gasteiger charge is -2.12. The Morgan fingerprint density at radius 1 is 1.20 bits per heavy atom. The molecule has 0 aliphatic heterocycles. The fourth-order valence-electron chi connectivity index (χ4n) is 2.29. The Morgan fingerprint density at radius 2 is 2.00 bits per heavy atom. The molecule has 3 rings (SSSR count). The molecule has 1 unspecified atom stereocenters. The zero-order valence-corrected chi connectivity index (χ0v) is 11.5. The van der Waals surface area contributed by atoms with Crippen LogP contribution in [-0.4, -0.2) is 16.8 Å². The maximum absolute atomic E-state index is 14.3. The predicted molar refractivity (Wildman–Crippen MR) is 78.5 cm³/mol. The van der Waals surface area contributed by atoms with Gasteiger partial charge in [0.2, 0.25) is 0 Å². The fourth-order valence-corrected chi connectivity index (χ4v) is 2.29. The molecule has 0 fully saturated rings. The number of nitrogens with one attached hydrogen (secondary N) is 1. The Morgan fingerprint density at radius 3 is 2.75 bits per heavy atom. The summed E-state index contributed by atoms with van der Waals surface area (Å²) in [5, 5.41) is 8.38. The summed E-state index contributed by atoms with van der Waals surface area (Å²) in [5.74, 6) is -0.265. The minimum atomic E-state index is -0.265. The Bertz CT molecular complexity index is 748. The van der Waals surface area contributed by atoms with Crippen molar-refractivity contribution in [2.24, 2.45) is 0 Å². The Balaban J connectivity index is 2.11. The summed E-state index contributed by atoms with van der Waals surface area (Å²) in [7, 11) is 1.86. The summed E-state index contributed by atoms with van der Waals surface area (Å²) in [5.41, 5.74) is 2.30. The Kier molecular flexibility index (Phi) is 3.24. The highest BCUT2D eigenvalue weighted by Gasteiger charge is 2.11. The zero-order valence-electron chi connectivity index (χ0n) is 11.5. The first-order valence-electron chi connectivity index (χ1n) is 6.60. The van der Waals surface area contributed by atoms with E-state index in [1.54, 1.807) is 23.0 Å². The van der Waals surface area contributed by atoms with Gasteiger partial charge in [-0.2, -0.15) is 5.10 Å². The molecule has 3 aromatic rings. The number of aromatic nitrogens is 2. The second-order valence-corrected chi connectivity index (χ2v) is 4.84. The summed E-state index contributed by atoms with van der Waals surface area (Å²) in [6, 6.07) is 13.2. The maximum Gasteiger partial charge on any atom is 0.149 e. The van der Waals surface area contributed by atoms with Gasteiger partial charge >= 0.3 is 0 Å². The number of hydrogen-bond acceptors (Lipinski definition) is 2. The van der Waals surface area contributed by atoms with Crippen LogP contribution in [0.5, 0.6) is 0 Å². The van der Waals surface area contributed by atoms with Crippen LogP contribution >= 0.6 is 0 Å². The van der Waals surface area contributed by atoms with Crippen molar-refractivity contribution in [1.82, 2.24) is 15.1 Å². The van der Waals surface area contributed by atoms with Crippen LogP contribution in [0.1, 0.15) is 18.5 Å². The first kappa shape index (κ1) is 12.8. The van der Waals surface area contributed by atoms with Gasteiger partial charge < -0.3 is 5.32 Å². The van der Waals surface area contributed by atoms with Crippen molar-refractivity contribution in [3.63, 3.8) is 0 Å². The Hall–Kier alpha value is -2.20. The molecule has 4 heteroatoms. The third-order valence-corrected chi connectivity index (χ3v) is 3.61. The molecule has 0 spiro atoms. The number of halogens is 1. The Labute approximate surface area is 117 Å². The third-order valence-electron chi connectivity index (χ3n) is 3.61. The van der Waals surface area contributed by atoms with Gasteiger partial charge in [0.1, 0.15) is 11.5 Å². The van der Waals surface area contributed by atoms with E-state index in [2.05, 4.69) is 10.4 Å². The van der Waals surface area contributed by atoms with Gasteiger partial charge in [0.05, 0.1) is 11.7 Å². The van der Waals surface area contributed by atoms with E-state index in [4.69, 9.17) is 0 Å². The summed E-state index contributed by atoms with van der Waals surface area (Å²) < 4.78 is 16.0. The lowest BCUT2D eigenvalue weighted by molar-refractivity contribution is 0.597. The molecule has 102 valence electrons. The van der Waals surface area contributed by atoms with Crippen molar-refractivity contribution in [3.05, 3.63) is 60.0 Å². The highest BCUT2D eigenvalue weighted by Crippen LogP contribution is 2.22. The van der Waals surface area contributed by atoms with Gasteiger partial charge in [0.25, 0.3) is 0 Å². The molecule has 0 aliphatic rings. The van der Waals surface area contributed by atoms with Gasteiger partial charge in [-0.15, -0.1) is 0 Å². The summed E-state index contributed by atoms with van der Waals surface area (Å²) in [6.45, 7) is 2.00. The average molecular weight is 269 g/mol. The number of benzene rings is 2. The molecule has 1 aromatic heterocycles. The van der Waals surface area contributed by atoms with Crippen molar-refractivity contribution in [2.75, 3.05) is 7.05 Å². The summed E-state index contributed by atoms with van der Waals surface area (Å²) in [6.07, 6.45) is 1.75. The number of hydrogen-bond donors (Lipinski definition) is 1. The highest BCUT2D eigenvalue weighted by molar-refractivity contribution is 5.80. The first-order chi connectivity index (χ1) is 9.70. The van der Waals surface area contributed by atoms with E-state index in [1.165, 1.54) is 0 Å². The monoisotopic (exact) mass is 269 g/mol. The molecule has 0 amide bonds. The molecule has 2 aromatic carbocycles. The van der Waals surface area contributed by atoms with Crippen LogP contribution < -0.4 is 5.32 Å². The van der Waals surface area contributed by atoms with E-state index >= 15 is 0 Å². The van der Waals surface area contributed by atoms with Crippen LogP contribution in [0.2, 0.25) is 0 Å².